The summed E-state index contributed by atoms with van der Waals surface area (Å²) in [4.78, 5) is 37.8. The molecule has 2 aromatic heterocycles. The third kappa shape index (κ3) is 5.92. The standard InChI is InChI=1S/C28H28Cl2N4O4/c1-17(2)33(27-31-25(35)21(23(29)37-27)19-11-7-5-8-12-19)15-16-34(18(3)4)28-32-26(36)22(24(30)38-28)20-13-9-6-10-14-20/h5-14,17-18H,15-16H2,1-4H3. The summed E-state index contributed by atoms with van der Waals surface area (Å²) in [7, 11) is 0. The molecule has 0 atom stereocenters. The first kappa shape index (κ1) is 27.4. The van der Waals surface area contributed by atoms with Crippen LogP contribution in [0.1, 0.15) is 27.7 Å². The zero-order chi connectivity index (χ0) is 27.4. The van der Waals surface area contributed by atoms with Crippen molar-refractivity contribution in [1.29, 1.82) is 0 Å². The van der Waals surface area contributed by atoms with E-state index >= 15 is 0 Å². The Morgan fingerprint density at radius 1 is 0.658 bits per heavy atom. The molecule has 10 heteroatoms. The maximum absolute atomic E-state index is 12.9. The second kappa shape index (κ2) is 11.8. The van der Waals surface area contributed by atoms with Gasteiger partial charge in [0.25, 0.3) is 11.1 Å². The molecule has 0 aliphatic heterocycles. The Labute approximate surface area is 230 Å². The van der Waals surface area contributed by atoms with E-state index in [-0.39, 0.29) is 45.7 Å². The number of halogens is 2. The van der Waals surface area contributed by atoms with Crippen LogP contribution in [-0.4, -0.2) is 35.1 Å². The van der Waals surface area contributed by atoms with Crippen LogP contribution in [0.5, 0.6) is 0 Å². The molecule has 0 saturated heterocycles. The van der Waals surface area contributed by atoms with Crippen LogP contribution in [0, 0.1) is 0 Å². The van der Waals surface area contributed by atoms with Crippen molar-refractivity contribution in [1.82, 2.24) is 9.97 Å². The molecule has 2 heterocycles. The first-order chi connectivity index (χ1) is 18.2. The maximum atomic E-state index is 12.9. The summed E-state index contributed by atoms with van der Waals surface area (Å²) >= 11 is 12.8. The average Bonchev–Trinajstić information content (AvgIpc) is 2.86. The lowest BCUT2D eigenvalue weighted by molar-refractivity contribution is 0.466. The molecule has 4 aromatic rings. The maximum Gasteiger partial charge on any atom is 0.302 e. The van der Waals surface area contributed by atoms with Gasteiger partial charge in [-0.05, 0) is 62.0 Å². The predicted octanol–water partition coefficient (Wildman–Crippen LogP) is 6.15. The second-order valence-electron chi connectivity index (χ2n) is 9.21. The van der Waals surface area contributed by atoms with E-state index in [0.29, 0.717) is 24.2 Å². The number of rotatable bonds is 9. The number of benzene rings is 2. The van der Waals surface area contributed by atoms with Gasteiger partial charge in [-0.3, -0.25) is 9.59 Å². The first-order valence-electron chi connectivity index (χ1n) is 12.2. The molecule has 0 bridgehead atoms. The Balaban J connectivity index is 1.62. The summed E-state index contributed by atoms with van der Waals surface area (Å²) in [6.45, 7) is 8.54. The summed E-state index contributed by atoms with van der Waals surface area (Å²) in [5.74, 6) is 0. The molecule has 2 aromatic carbocycles. The lowest BCUT2D eigenvalue weighted by Crippen LogP contribution is -2.43. The quantitative estimate of drug-likeness (QED) is 0.243. The van der Waals surface area contributed by atoms with Crippen LogP contribution < -0.4 is 20.9 Å². The summed E-state index contributed by atoms with van der Waals surface area (Å²) in [6.07, 6.45) is 0. The lowest BCUT2D eigenvalue weighted by atomic mass is 10.1. The van der Waals surface area contributed by atoms with E-state index in [9.17, 15) is 9.59 Å². The first-order valence-corrected chi connectivity index (χ1v) is 13.0. The van der Waals surface area contributed by atoms with Crippen molar-refractivity contribution in [3.05, 3.63) is 91.8 Å². The van der Waals surface area contributed by atoms with Crippen LogP contribution in [0.3, 0.4) is 0 Å². The van der Waals surface area contributed by atoms with Gasteiger partial charge < -0.3 is 18.6 Å². The van der Waals surface area contributed by atoms with Gasteiger partial charge in [-0.2, -0.15) is 9.97 Å². The van der Waals surface area contributed by atoms with E-state index in [4.69, 9.17) is 32.0 Å². The third-order valence-electron chi connectivity index (χ3n) is 6.02. The SMILES string of the molecule is CC(C)N(CCN(c1nc(=O)c(-c2ccccc2)c(Cl)o1)C(C)C)c1nc(=O)c(-c2ccccc2)c(Cl)o1. The minimum absolute atomic E-state index is 0.0338. The number of anilines is 2. The summed E-state index contributed by atoms with van der Waals surface area (Å²) in [5, 5.41) is -0.0676. The van der Waals surface area contributed by atoms with Crippen molar-refractivity contribution in [2.75, 3.05) is 22.9 Å². The zero-order valence-corrected chi connectivity index (χ0v) is 23.0. The second-order valence-corrected chi connectivity index (χ2v) is 9.89. The van der Waals surface area contributed by atoms with E-state index in [2.05, 4.69) is 9.97 Å². The molecule has 198 valence electrons. The largest absolute Gasteiger partial charge is 0.412 e. The fourth-order valence-corrected chi connectivity index (χ4v) is 4.57. The minimum Gasteiger partial charge on any atom is -0.412 e. The third-order valence-corrected chi connectivity index (χ3v) is 6.55. The van der Waals surface area contributed by atoms with Gasteiger partial charge in [-0.15, -0.1) is 0 Å². The zero-order valence-electron chi connectivity index (χ0n) is 21.5. The highest BCUT2D eigenvalue weighted by Crippen LogP contribution is 2.29. The van der Waals surface area contributed by atoms with Crippen LogP contribution in [0.25, 0.3) is 22.3 Å². The van der Waals surface area contributed by atoms with Gasteiger partial charge >= 0.3 is 12.0 Å². The molecule has 0 spiro atoms. The molecule has 4 rings (SSSR count). The fourth-order valence-electron chi connectivity index (χ4n) is 4.06. The van der Waals surface area contributed by atoms with Gasteiger partial charge in [0.1, 0.15) is 11.1 Å². The summed E-state index contributed by atoms with van der Waals surface area (Å²) < 4.78 is 11.6. The highest BCUT2D eigenvalue weighted by molar-refractivity contribution is 6.31. The molecule has 0 aliphatic rings. The van der Waals surface area contributed by atoms with E-state index in [1.807, 2.05) is 73.9 Å². The molecule has 0 aliphatic carbocycles. The normalized spacial score (nSPS) is 11.3. The fraction of sp³-hybridized carbons (Fsp3) is 0.286. The highest BCUT2D eigenvalue weighted by Gasteiger charge is 2.24. The van der Waals surface area contributed by atoms with Crippen LogP contribution in [-0.2, 0) is 0 Å². The van der Waals surface area contributed by atoms with Crippen molar-refractivity contribution < 1.29 is 8.83 Å². The van der Waals surface area contributed by atoms with Crippen molar-refractivity contribution >= 4 is 35.2 Å². The summed E-state index contributed by atoms with van der Waals surface area (Å²) in [5.41, 5.74) is 0.716. The molecule has 0 unspecified atom stereocenters. The minimum atomic E-state index is -0.482. The van der Waals surface area contributed by atoms with E-state index in [0.717, 1.165) is 0 Å². The Bertz CT molecular complexity index is 1390. The Morgan fingerprint density at radius 3 is 1.29 bits per heavy atom. The van der Waals surface area contributed by atoms with Crippen molar-refractivity contribution in [3.8, 4) is 22.3 Å². The molecule has 0 amide bonds. The summed E-state index contributed by atoms with van der Waals surface area (Å²) in [6, 6.07) is 18.1. The average molecular weight is 555 g/mol. The number of hydrogen-bond acceptors (Lipinski definition) is 8. The molecule has 0 radical (unpaired) electrons. The van der Waals surface area contributed by atoms with E-state index in [1.165, 1.54) is 0 Å². The number of hydrogen-bond donors (Lipinski definition) is 0. The highest BCUT2D eigenvalue weighted by atomic mass is 35.5. The van der Waals surface area contributed by atoms with Gasteiger partial charge in [-0.25, -0.2) is 0 Å². The predicted molar refractivity (Wildman–Crippen MR) is 151 cm³/mol. The van der Waals surface area contributed by atoms with Gasteiger partial charge in [0.15, 0.2) is 0 Å². The molecular formula is C28H28Cl2N4O4. The van der Waals surface area contributed by atoms with Crippen molar-refractivity contribution in [3.63, 3.8) is 0 Å². The van der Waals surface area contributed by atoms with Crippen LogP contribution in [0.2, 0.25) is 10.4 Å². The van der Waals surface area contributed by atoms with Gasteiger partial charge in [0.2, 0.25) is 10.4 Å². The van der Waals surface area contributed by atoms with Crippen LogP contribution in [0.15, 0.2) is 79.1 Å². The Morgan fingerprint density at radius 2 is 1.00 bits per heavy atom. The van der Waals surface area contributed by atoms with Gasteiger partial charge in [0.05, 0.1) is 0 Å². The Hall–Kier alpha value is -3.62. The smallest absolute Gasteiger partial charge is 0.302 e. The molecular weight excluding hydrogens is 527 g/mol. The van der Waals surface area contributed by atoms with E-state index < -0.39 is 11.1 Å². The molecule has 8 nitrogen and oxygen atoms in total. The number of nitrogens with zero attached hydrogens (tertiary/aromatic N) is 4. The van der Waals surface area contributed by atoms with Crippen molar-refractivity contribution in [2.24, 2.45) is 0 Å². The topological polar surface area (TPSA) is 92.7 Å². The Kier molecular flexibility index (Phi) is 8.54. The monoisotopic (exact) mass is 554 g/mol. The van der Waals surface area contributed by atoms with Crippen LogP contribution >= 0.6 is 23.2 Å². The molecule has 38 heavy (non-hydrogen) atoms. The molecule has 0 N–H and O–H groups in total. The molecule has 0 fully saturated rings. The number of aromatic nitrogens is 2. The molecule has 0 saturated carbocycles. The van der Waals surface area contributed by atoms with E-state index in [1.54, 1.807) is 24.3 Å². The lowest BCUT2D eigenvalue weighted by Gasteiger charge is -2.31. The van der Waals surface area contributed by atoms with Gasteiger partial charge in [-0.1, -0.05) is 60.7 Å². The van der Waals surface area contributed by atoms with Gasteiger partial charge in [0, 0.05) is 25.2 Å². The van der Waals surface area contributed by atoms with Crippen LogP contribution in [0.4, 0.5) is 12.0 Å². The van der Waals surface area contributed by atoms with Crippen molar-refractivity contribution in [2.45, 2.75) is 39.8 Å².